The Morgan fingerprint density at radius 3 is 1.48 bits per heavy atom. The van der Waals surface area contributed by atoms with Crippen molar-refractivity contribution < 1.29 is 53.1 Å². The summed E-state index contributed by atoms with van der Waals surface area (Å²) < 4.78 is 0. The number of para-hydroxylation sites is 2. The van der Waals surface area contributed by atoms with Crippen LogP contribution < -0.4 is 65.1 Å². The van der Waals surface area contributed by atoms with E-state index in [-0.39, 0.29) is 63.2 Å². The fourth-order valence-corrected chi connectivity index (χ4v) is 9.92. The molecule has 0 aliphatic rings. The van der Waals surface area contributed by atoms with E-state index in [2.05, 4.69) is 57.8 Å². The zero-order chi connectivity index (χ0) is 64.0. The molecular formula is C62H79N15O11. The van der Waals surface area contributed by atoms with Gasteiger partial charge in [-0.1, -0.05) is 99.1 Å². The number of aromatic nitrogens is 2. The number of aromatic amines is 2. The number of aromatic hydroxyl groups is 1. The molecular weight excluding hydrogens is 1130 g/mol. The van der Waals surface area contributed by atoms with E-state index in [4.69, 9.17) is 22.6 Å². The van der Waals surface area contributed by atoms with Gasteiger partial charge in [0.1, 0.15) is 54.1 Å². The maximum Gasteiger partial charge on any atom is 0.243 e. The average Bonchev–Trinajstić information content (AvgIpc) is 3.93. The van der Waals surface area contributed by atoms with Gasteiger partial charge in [-0.25, -0.2) is 0 Å². The second kappa shape index (κ2) is 32.3. The Morgan fingerprint density at radius 1 is 0.511 bits per heavy atom. The summed E-state index contributed by atoms with van der Waals surface area (Å²) in [5.41, 5.74) is 20.5. The monoisotopic (exact) mass is 1210 g/mol. The summed E-state index contributed by atoms with van der Waals surface area (Å²) in [5, 5.41) is 43.3. The molecule has 6 rings (SSSR count). The second-order valence-electron chi connectivity index (χ2n) is 21.7. The number of phenolic OH excluding ortho intramolecular Hbond substituents is 1. The lowest BCUT2D eigenvalue weighted by Crippen LogP contribution is -2.61. The number of primary amides is 2. The summed E-state index contributed by atoms with van der Waals surface area (Å²) in [6.45, 7) is 6.31. The Morgan fingerprint density at radius 2 is 0.966 bits per heavy atom. The van der Waals surface area contributed by atoms with Crippen LogP contribution in [0.25, 0.3) is 21.8 Å². The highest BCUT2D eigenvalue weighted by molar-refractivity contribution is 5.99. The fourth-order valence-electron chi connectivity index (χ4n) is 9.92. The molecule has 9 atom stereocenters. The molecule has 10 amide bonds. The molecule has 6 aromatic rings. The van der Waals surface area contributed by atoms with E-state index in [0.717, 1.165) is 27.4 Å². The molecule has 19 N–H and O–H groups in total. The summed E-state index contributed by atoms with van der Waals surface area (Å²) in [6.07, 6.45) is 2.87. The van der Waals surface area contributed by atoms with Crippen LogP contribution in [0.5, 0.6) is 5.75 Å². The van der Waals surface area contributed by atoms with Crippen LogP contribution >= 0.6 is 0 Å². The Labute approximate surface area is 508 Å². The molecule has 468 valence electrons. The molecule has 2 aromatic heterocycles. The fraction of sp³-hybridized carbons (Fsp3) is 0.371. The number of nitrogens with one attached hydrogen (secondary N) is 12. The summed E-state index contributed by atoms with van der Waals surface area (Å²) in [6, 6.07) is 18.3. The van der Waals surface area contributed by atoms with Crippen molar-refractivity contribution in [3.8, 4) is 5.75 Å². The van der Waals surface area contributed by atoms with E-state index in [1.165, 1.54) is 38.1 Å². The van der Waals surface area contributed by atoms with Crippen LogP contribution in [0, 0.1) is 11.3 Å². The van der Waals surface area contributed by atoms with Crippen LogP contribution in [-0.2, 0) is 73.6 Å². The molecule has 0 radical (unpaired) electrons. The molecule has 26 nitrogen and oxygen atoms in total. The van der Waals surface area contributed by atoms with Crippen LogP contribution in [0.15, 0.2) is 116 Å². The maximum absolute atomic E-state index is 15.1. The number of hydrogen-bond donors (Lipinski definition) is 16. The first-order chi connectivity index (χ1) is 42.0. The summed E-state index contributed by atoms with van der Waals surface area (Å²) in [5.74, 6) is -8.91. The third kappa shape index (κ3) is 19.9. The van der Waals surface area contributed by atoms with Crippen molar-refractivity contribution in [2.75, 3.05) is 6.54 Å². The minimum absolute atomic E-state index is 0.0414. The maximum atomic E-state index is 15.1. The minimum Gasteiger partial charge on any atom is -0.508 e. The lowest BCUT2D eigenvalue weighted by Gasteiger charge is -2.29. The minimum atomic E-state index is -1.52. The predicted molar refractivity (Wildman–Crippen MR) is 329 cm³/mol. The number of nitrogens with two attached hydrogens (primary N) is 3. The number of rotatable bonds is 33. The number of phenols is 1. The zero-order valence-corrected chi connectivity index (χ0v) is 49.5. The number of guanidine groups is 1. The van der Waals surface area contributed by atoms with E-state index < -0.39 is 120 Å². The quantitative estimate of drug-likeness (QED) is 0.0153. The number of carbonyl (C=O) groups excluding carboxylic acids is 10. The normalized spacial score (nSPS) is 14.2. The lowest BCUT2D eigenvalue weighted by atomic mass is 9.96. The second-order valence-corrected chi connectivity index (χ2v) is 21.7. The number of amides is 10. The van der Waals surface area contributed by atoms with E-state index >= 15 is 4.79 Å². The summed E-state index contributed by atoms with van der Waals surface area (Å²) in [4.78, 5) is 144. The standard InChI is InChI=1S/C62H79N15O11/c1-5-34(2)53(61(88)70-35(3)55(82)73-48(54(64)81)30-39-32-68-44-18-11-9-16-42(39)44)77-60(87)51(31-40-33-69-45-19-12-10-17-43(40)45)76-59(86)49(28-37-14-7-6-8-15-37)75-58(85)50(29-38-21-23-41(79)24-22-38)74-57(84)47(25-26-52(63)80)72-56(83)46(71-36(4)78)20-13-27-67-62(65)66/h6-12,14-19,21-24,32-35,46-51,53,68-69,79H,5,13,20,25-31H2,1-4H3,(H2,63,80)(H2,64,81)(H,70,88)(H,71,78)(H,72,83)(H,73,82)(H,74,84)(H,75,85)(H,76,86)(H,77,87)(H4,65,66,67)/t34-,35-,46-,47-,48-,49-,50-,51-,53-/m0/s1. The largest absolute Gasteiger partial charge is 0.508 e. The van der Waals surface area contributed by atoms with Gasteiger partial charge in [-0.3, -0.25) is 53.4 Å². The van der Waals surface area contributed by atoms with Gasteiger partial charge in [0.2, 0.25) is 59.1 Å². The highest BCUT2D eigenvalue weighted by Gasteiger charge is 2.36. The summed E-state index contributed by atoms with van der Waals surface area (Å²) in [7, 11) is 0. The Hall–Kier alpha value is -10.3. The van der Waals surface area contributed by atoms with Crippen LogP contribution in [0.2, 0.25) is 0 Å². The van der Waals surface area contributed by atoms with E-state index in [1.807, 2.05) is 42.5 Å². The molecule has 0 saturated carbocycles. The molecule has 0 bridgehead atoms. The number of hydrogen-bond acceptors (Lipinski definition) is 12. The highest BCUT2D eigenvalue weighted by Crippen LogP contribution is 2.22. The van der Waals surface area contributed by atoms with Crippen molar-refractivity contribution in [3.63, 3.8) is 0 Å². The molecule has 0 saturated heterocycles. The molecule has 26 heteroatoms. The molecule has 0 aliphatic carbocycles. The first-order valence-corrected chi connectivity index (χ1v) is 29.0. The van der Waals surface area contributed by atoms with Crippen molar-refractivity contribution in [2.24, 2.45) is 23.1 Å². The molecule has 88 heavy (non-hydrogen) atoms. The third-order valence-corrected chi connectivity index (χ3v) is 15.0. The number of H-pyrrole nitrogens is 2. The van der Waals surface area contributed by atoms with Crippen molar-refractivity contribution in [3.05, 3.63) is 138 Å². The first-order valence-electron chi connectivity index (χ1n) is 29.0. The molecule has 0 aliphatic heterocycles. The highest BCUT2D eigenvalue weighted by atomic mass is 16.3. The van der Waals surface area contributed by atoms with Crippen molar-refractivity contribution in [1.82, 2.24) is 57.8 Å². The van der Waals surface area contributed by atoms with Crippen molar-refractivity contribution in [2.45, 2.75) is 134 Å². The van der Waals surface area contributed by atoms with Crippen LogP contribution in [0.4, 0.5) is 0 Å². The predicted octanol–water partition coefficient (Wildman–Crippen LogP) is 0.604. The number of carbonyl (C=O) groups is 10. The van der Waals surface area contributed by atoms with Crippen LogP contribution in [0.1, 0.15) is 82.1 Å². The number of benzene rings is 4. The molecule has 0 unspecified atom stereocenters. The van der Waals surface area contributed by atoms with E-state index in [1.54, 1.807) is 62.6 Å². The van der Waals surface area contributed by atoms with Gasteiger partial charge in [0, 0.05) is 79.8 Å². The van der Waals surface area contributed by atoms with Crippen LogP contribution in [0.3, 0.4) is 0 Å². The molecule has 0 spiro atoms. The average molecular weight is 1210 g/mol. The Kier molecular flexibility index (Phi) is 24.5. The third-order valence-electron chi connectivity index (χ3n) is 15.0. The topological polar surface area (TPSA) is 433 Å². The molecule has 0 fully saturated rings. The summed E-state index contributed by atoms with van der Waals surface area (Å²) >= 11 is 0. The zero-order valence-electron chi connectivity index (χ0n) is 49.5. The van der Waals surface area contributed by atoms with E-state index in [0.29, 0.717) is 23.1 Å². The number of fused-ring (bicyclic) bond motifs is 2. The van der Waals surface area contributed by atoms with Gasteiger partial charge in [-0.15, -0.1) is 0 Å². The van der Waals surface area contributed by atoms with Gasteiger partial charge in [-0.05, 0) is 78.6 Å². The SMILES string of the molecule is CC[C@H](C)[C@H](NC(=O)[C@H](Cc1c[nH]c2ccccc12)NC(=O)[C@H](Cc1ccccc1)NC(=O)[C@H](Cc1ccc(O)cc1)NC(=O)[C@H](CCC(N)=O)NC(=O)[C@H](CCCNC(=N)N)NC(C)=O)C(=O)N[C@@H](C)C(=O)N[C@@H](Cc1c[nH]c2ccccc12)C(N)=O. The van der Waals surface area contributed by atoms with Gasteiger partial charge in [-0.2, -0.15) is 0 Å². The van der Waals surface area contributed by atoms with Gasteiger partial charge < -0.3 is 80.1 Å². The van der Waals surface area contributed by atoms with Crippen molar-refractivity contribution >= 4 is 86.8 Å². The molecule has 4 aromatic carbocycles. The van der Waals surface area contributed by atoms with Gasteiger partial charge in [0.05, 0.1) is 0 Å². The first kappa shape index (κ1) is 66.9. The lowest BCUT2D eigenvalue weighted by molar-refractivity contribution is -0.136. The smallest absolute Gasteiger partial charge is 0.243 e. The Bertz CT molecular complexity index is 3440. The van der Waals surface area contributed by atoms with Gasteiger partial charge >= 0.3 is 0 Å². The molecule has 2 heterocycles. The van der Waals surface area contributed by atoms with Gasteiger partial charge in [0.25, 0.3) is 0 Å². The van der Waals surface area contributed by atoms with E-state index in [9.17, 15) is 48.3 Å². The van der Waals surface area contributed by atoms with Gasteiger partial charge in [0.15, 0.2) is 5.96 Å². The Balaban J connectivity index is 1.27. The van der Waals surface area contributed by atoms with Crippen molar-refractivity contribution in [1.29, 1.82) is 5.41 Å². The van der Waals surface area contributed by atoms with Crippen LogP contribution in [-0.4, -0.2) is 135 Å².